The second-order valence-electron chi connectivity index (χ2n) is 2.04. The summed E-state index contributed by atoms with van der Waals surface area (Å²) in [6, 6.07) is -0.710. The summed E-state index contributed by atoms with van der Waals surface area (Å²) < 4.78 is -1.24. The Balaban J connectivity index is 2.92. The van der Waals surface area contributed by atoms with Gasteiger partial charge in [-0.1, -0.05) is 15.9 Å². The number of aliphatic hydroxyl groups excluding tert-OH is 1. The summed E-state index contributed by atoms with van der Waals surface area (Å²) >= 11 is 2.92. The molecule has 60 valence electrons. The Morgan fingerprint density at radius 2 is 2.36 bits per heavy atom. The number of rotatable bonds is 1. The van der Waals surface area contributed by atoms with E-state index in [0.29, 0.717) is 0 Å². The zero-order chi connectivity index (χ0) is 8.48. The monoisotopic (exact) mass is 220 g/mol. The Kier molecular flexibility index (Phi) is 2.05. The fourth-order valence-corrected chi connectivity index (χ4v) is 0.767. The molecule has 11 heavy (non-hydrogen) atoms. The molecule has 1 heterocycles. The first kappa shape index (κ1) is 8.35. The molecule has 0 aliphatic carbocycles. The van der Waals surface area contributed by atoms with Crippen LogP contribution >= 0.6 is 15.9 Å². The van der Waals surface area contributed by atoms with Gasteiger partial charge in [0.15, 0.2) is 4.32 Å². The molecule has 1 unspecified atom stereocenters. The first-order valence-electron chi connectivity index (χ1n) is 2.79. The number of hydrogen-bond donors (Lipinski definition) is 2. The SMILES string of the molecule is O=C1N=CC(Br)(CO)C(=O)N1. The van der Waals surface area contributed by atoms with Crippen LogP contribution < -0.4 is 5.32 Å². The molecule has 0 saturated carbocycles. The van der Waals surface area contributed by atoms with Crippen LogP contribution in [0.3, 0.4) is 0 Å². The number of hydrogen-bond acceptors (Lipinski definition) is 3. The molecule has 0 saturated heterocycles. The normalized spacial score (nSPS) is 30.4. The van der Waals surface area contributed by atoms with Crippen molar-refractivity contribution in [2.24, 2.45) is 4.99 Å². The van der Waals surface area contributed by atoms with Gasteiger partial charge in [0, 0.05) is 6.21 Å². The maximum atomic E-state index is 10.9. The van der Waals surface area contributed by atoms with E-state index < -0.39 is 22.9 Å². The molecule has 0 bridgehead atoms. The molecule has 0 aromatic carbocycles. The van der Waals surface area contributed by atoms with E-state index in [1.807, 2.05) is 5.32 Å². The predicted octanol–water partition coefficient (Wildman–Crippen LogP) is -0.567. The molecule has 0 spiro atoms. The zero-order valence-corrected chi connectivity index (χ0v) is 6.96. The van der Waals surface area contributed by atoms with Gasteiger partial charge in [-0.25, -0.2) is 9.79 Å². The quantitative estimate of drug-likeness (QED) is 0.582. The van der Waals surface area contributed by atoms with Crippen molar-refractivity contribution >= 4 is 34.1 Å². The Labute approximate surface area is 70.6 Å². The van der Waals surface area contributed by atoms with E-state index in [1.165, 1.54) is 0 Å². The van der Waals surface area contributed by atoms with E-state index in [2.05, 4.69) is 20.9 Å². The lowest BCUT2D eigenvalue weighted by molar-refractivity contribution is -0.121. The van der Waals surface area contributed by atoms with Crippen LogP contribution in [0, 0.1) is 0 Å². The fourth-order valence-electron chi connectivity index (χ4n) is 0.565. The van der Waals surface area contributed by atoms with E-state index in [-0.39, 0.29) is 0 Å². The van der Waals surface area contributed by atoms with Crippen molar-refractivity contribution in [1.82, 2.24) is 5.32 Å². The number of carbonyl (C=O) groups excluding carboxylic acids is 2. The lowest BCUT2D eigenvalue weighted by Crippen LogP contribution is -2.51. The molecule has 0 fully saturated rings. The van der Waals surface area contributed by atoms with Crippen molar-refractivity contribution < 1.29 is 14.7 Å². The highest BCUT2D eigenvalue weighted by Gasteiger charge is 2.37. The highest BCUT2D eigenvalue weighted by atomic mass is 79.9. The van der Waals surface area contributed by atoms with Crippen LogP contribution in [-0.2, 0) is 4.79 Å². The number of aliphatic imine (C=N–C) groups is 1. The summed E-state index contributed by atoms with van der Waals surface area (Å²) in [6.45, 7) is -0.435. The minimum absolute atomic E-state index is 0.435. The Hall–Kier alpha value is -0.750. The molecule has 0 aromatic rings. The first-order chi connectivity index (χ1) is 5.08. The van der Waals surface area contributed by atoms with Crippen LogP contribution in [0.2, 0.25) is 0 Å². The van der Waals surface area contributed by atoms with Gasteiger partial charge in [0.2, 0.25) is 0 Å². The number of carbonyl (C=O) groups is 2. The van der Waals surface area contributed by atoms with Crippen LogP contribution in [0.25, 0.3) is 0 Å². The van der Waals surface area contributed by atoms with Gasteiger partial charge in [0.05, 0.1) is 6.61 Å². The average Bonchev–Trinajstić information content (AvgIpc) is 1.98. The Bertz CT molecular complexity index is 240. The van der Waals surface area contributed by atoms with Gasteiger partial charge in [-0.05, 0) is 0 Å². The van der Waals surface area contributed by atoms with Gasteiger partial charge in [-0.15, -0.1) is 0 Å². The van der Waals surface area contributed by atoms with Crippen LogP contribution in [0.1, 0.15) is 0 Å². The van der Waals surface area contributed by atoms with Gasteiger partial charge >= 0.3 is 6.03 Å². The van der Waals surface area contributed by atoms with Gasteiger partial charge in [0.25, 0.3) is 5.91 Å². The number of nitrogens with zero attached hydrogens (tertiary/aromatic N) is 1. The molecule has 1 aliphatic rings. The second-order valence-corrected chi connectivity index (χ2v) is 3.45. The molecule has 3 amide bonds. The lowest BCUT2D eigenvalue weighted by atomic mass is 10.1. The van der Waals surface area contributed by atoms with Crippen molar-refractivity contribution in [3.63, 3.8) is 0 Å². The van der Waals surface area contributed by atoms with Crippen molar-refractivity contribution in [3.05, 3.63) is 0 Å². The van der Waals surface area contributed by atoms with Crippen molar-refractivity contribution in [2.75, 3.05) is 6.61 Å². The van der Waals surface area contributed by atoms with Gasteiger partial charge < -0.3 is 5.11 Å². The molecule has 1 rings (SSSR count). The molecule has 1 aliphatic heterocycles. The standard InChI is InChI=1S/C5H5BrN2O3/c6-5(2-9)1-7-4(11)8-3(5)10/h1,9H,2H2,(H,8,10,11). The van der Waals surface area contributed by atoms with Crippen LogP contribution in [0.5, 0.6) is 0 Å². The molecule has 0 radical (unpaired) electrons. The van der Waals surface area contributed by atoms with E-state index in [4.69, 9.17) is 5.11 Å². The third-order valence-corrected chi connectivity index (χ3v) is 2.03. The van der Waals surface area contributed by atoms with Gasteiger partial charge in [-0.2, -0.15) is 0 Å². The fraction of sp³-hybridized carbons (Fsp3) is 0.400. The number of urea groups is 1. The molecular weight excluding hydrogens is 216 g/mol. The number of amides is 3. The zero-order valence-electron chi connectivity index (χ0n) is 5.37. The maximum Gasteiger partial charge on any atom is 0.347 e. The summed E-state index contributed by atoms with van der Waals surface area (Å²) in [4.78, 5) is 24.7. The number of halogens is 1. The molecule has 1 atom stereocenters. The maximum absolute atomic E-state index is 10.9. The molecule has 5 nitrogen and oxygen atoms in total. The smallest absolute Gasteiger partial charge is 0.347 e. The lowest BCUT2D eigenvalue weighted by Gasteiger charge is -2.20. The minimum atomic E-state index is -1.24. The highest BCUT2D eigenvalue weighted by molar-refractivity contribution is 9.10. The predicted molar refractivity (Wildman–Crippen MR) is 40.8 cm³/mol. The number of aliphatic hydroxyl groups is 1. The molecule has 0 aromatic heterocycles. The summed E-state index contributed by atoms with van der Waals surface area (Å²) in [6.07, 6.45) is 1.08. The van der Waals surface area contributed by atoms with Crippen LogP contribution in [0.15, 0.2) is 4.99 Å². The molecule has 2 N–H and O–H groups in total. The Morgan fingerprint density at radius 3 is 2.82 bits per heavy atom. The van der Waals surface area contributed by atoms with E-state index in [1.54, 1.807) is 0 Å². The van der Waals surface area contributed by atoms with E-state index >= 15 is 0 Å². The largest absolute Gasteiger partial charge is 0.394 e. The number of nitrogens with one attached hydrogen (secondary N) is 1. The average molecular weight is 221 g/mol. The van der Waals surface area contributed by atoms with E-state index in [9.17, 15) is 9.59 Å². The van der Waals surface area contributed by atoms with Gasteiger partial charge in [0.1, 0.15) is 0 Å². The number of imide groups is 1. The van der Waals surface area contributed by atoms with E-state index in [0.717, 1.165) is 6.21 Å². The highest BCUT2D eigenvalue weighted by Crippen LogP contribution is 2.17. The molecule has 6 heteroatoms. The molecular formula is C5H5BrN2O3. The summed E-state index contributed by atoms with van der Waals surface area (Å²) in [7, 11) is 0. The Morgan fingerprint density at radius 1 is 1.73 bits per heavy atom. The van der Waals surface area contributed by atoms with Crippen LogP contribution in [-0.4, -0.2) is 34.2 Å². The van der Waals surface area contributed by atoms with Gasteiger partial charge in [-0.3, -0.25) is 10.1 Å². The third-order valence-electron chi connectivity index (χ3n) is 1.21. The second kappa shape index (κ2) is 2.71. The van der Waals surface area contributed by atoms with Crippen LogP contribution in [0.4, 0.5) is 4.79 Å². The topological polar surface area (TPSA) is 78.8 Å². The summed E-state index contributed by atoms with van der Waals surface area (Å²) in [5, 5.41) is 10.6. The van der Waals surface area contributed by atoms with Crippen molar-refractivity contribution in [2.45, 2.75) is 4.32 Å². The van der Waals surface area contributed by atoms with Crippen molar-refractivity contribution in [1.29, 1.82) is 0 Å². The summed E-state index contributed by atoms with van der Waals surface area (Å²) in [5.74, 6) is -0.597. The third kappa shape index (κ3) is 1.46. The summed E-state index contributed by atoms with van der Waals surface area (Å²) in [5.41, 5.74) is 0. The first-order valence-corrected chi connectivity index (χ1v) is 3.58. The van der Waals surface area contributed by atoms with Crippen molar-refractivity contribution in [3.8, 4) is 0 Å². The minimum Gasteiger partial charge on any atom is -0.394 e. The number of alkyl halides is 1.